The van der Waals surface area contributed by atoms with Crippen LogP contribution in [0.2, 0.25) is 0 Å². The van der Waals surface area contributed by atoms with Gasteiger partial charge in [-0.25, -0.2) is 0 Å². The van der Waals surface area contributed by atoms with Crippen molar-refractivity contribution >= 4 is 35.5 Å². The van der Waals surface area contributed by atoms with Gasteiger partial charge in [0.15, 0.2) is 0 Å². The van der Waals surface area contributed by atoms with E-state index in [9.17, 15) is 4.79 Å². The number of esters is 1. The van der Waals surface area contributed by atoms with Crippen molar-refractivity contribution in [3.05, 3.63) is 0 Å². The van der Waals surface area contributed by atoms with Crippen LogP contribution < -0.4 is 5.73 Å². The molecule has 2 N–H and O–H groups in total. The van der Waals surface area contributed by atoms with Gasteiger partial charge < -0.3 is 10.5 Å². The van der Waals surface area contributed by atoms with Crippen LogP contribution in [0, 0.1) is 0 Å². The molecule has 0 aromatic carbocycles. The molecule has 3 nitrogen and oxygen atoms in total. The van der Waals surface area contributed by atoms with E-state index in [1.54, 1.807) is 6.92 Å². The van der Waals surface area contributed by atoms with Crippen LogP contribution in [0.15, 0.2) is 0 Å². The number of carbonyl (C=O) groups is 1. The summed E-state index contributed by atoms with van der Waals surface area (Å²) in [5.74, 6) is -0.345. The predicted octanol–water partition coefficient (Wildman–Crippen LogP) is -0.873. The fourth-order valence-electron chi connectivity index (χ4n) is 0.220. The number of hydrogen-bond acceptors (Lipinski definition) is 3. The molecule has 8 heavy (non-hydrogen) atoms. The normalized spacial score (nSPS) is 7.25. The molecular formula is C4H9NNaO2. The van der Waals surface area contributed by atoms with Crippen LogP contribution in [0.3, 0.4) is 0 Å². The monoisotopic (exact) mass is 126 g/mol. The van der Waals surface area contributed by atoms with Crippen LogP contribution in [-0.2, 0) is 9.53 Å². The van der Waals surface area contributed by atoms with Crippen LogP contribution in [0.25, 0.3) is 0 Å². The first-order chi connectivity index (χ1) is 3.31. The fraction of sp³-hybridized carbons (Fsp3) is 0.750. The third-order valence-corrected chi connectivity index (χ3v) is 0.472. The Bertz CT molecular complexity index is 67.1. The SMILES string of the molecule is CCOC(=O)CN.[Na]. The van der Waals surface area contributed by atoms with Crippen molar-refractivity contribution in [2.75, 3.05) is 13.2 Å². The Kier molecular flexibility index (Phi) is 10.5. The molecule has 0 fully saturated rings. The maximum absolute atomic E-state index is 10.1. The average Bonchev–Trinajstić information content (AvgIpc) is 1.68. The molecule has 0 amide bonds. The molecule has 0 spiro atoms. The van der Waals surface area contributed by atoms with E-state index < -0.39 is 0 Å². The summed E-state index contributed by atoms with van der Waals surface area (Å²) in [6, 6.07) is 0. The Morgan fingerprint density at radius 3 is 2.38 bits per heavy atom. The zero-order valence-electron chi connectivity index (χ0n) is 5.31. The second-order valence-corrected chi connectivity index (χ2v) is 1.01. The van der Waals surface area contributed by atoms with Gasteiger partial charge in [-0.15, -0.1) is 0 Å². The van der Waals surface area contributed by atoms with E-state index in [4.69, 9.17) is 5.73 Å². The minimum Gasteiger partial charge on any atom is -0.465 e. The molecule has 4 heteroatoms. The number of nitrogens with two attached hydrogens (primary N) is 1. The Morgan fingerprint density at radius 2 is 2.25 bits per heavy atom. The fourth-order valence-corrected chi connectivity index (χ4v) is 0.220. The van der Waals surface area contributed by atoms with Crippen molar-refractivity contribution in [1.82, 2.24) is 0 Å². The van der Waals surface area contributed by atoms with Crippen molar-refractivity contribution in [2.24, 2.45) is 5.73 Å². The Hall–Kier alpha value is 0.430. The molecule has 1 radical (unpaired) electrons. The number of ether oxygens (including phenoxy) is 1. The van der Waals surface area contributed by atoms with E-state index in [0.29, 0.717) is 6.61 Å². The summed E-state index contributed by atoms with van der Waals surface area (Å²) < 4.78 is 4.43. The smallest absolute Gasteiger partial charge is 0.319 e. The zero-order valence-corrected chi connectivity index (χ0v) is 7.31. The molecule has 43 valence electrons. The second-order valence-electron chi connectivity index (χ2n) is 1.01. The average molecular weight is 126 g/mol. The molecule has 0 saturated carbocycles. The quantitative estimate of drug-likeness (QED) is 0.386. The van der Waals surface area contributed by atoms with Crippen molar-refractivity contribution in [3.63, 3.8) is 0 Å². The van der Waals surface area contributed by atoms with Crippen molar-refractivity contribution in [2.45, 2.75) is 6.92 Å². The van der Waals surface area contributed by atoms with Gasteiger partial charge in [-0.3, -0.25) is 4.79 Å². The molecular weight excluding hydrogens is 117 g/mol. The minimum atomic E-state index is -0.345. The standard InChI is InChI=1S/C4H9NO2.Na/c1-2-7-4(6)3-5;/h2-3,5H2,1H3;. The van der Waals surface area contributed by atoms with Gasteiger partial charge in [0.05, 0.1) is 13.2 Å². The maximum atomic E-state index is 10.1. The molecule has 0 aliphatic heterocycles. The van der Waals surface area contributed by atoms with Gasteiger partial charge in [0.2, 0.25) is 0 Å². The Morgan fingerprint density at radius 1 is 1.75 bits per heavy atom. The van der Waals surface area contributed by atoms with Crippen molar-refractivity contribution in [1.29, 1.82) is 0 Å². The Labute approximate surface area is 70.9 Å². The van der Waals surface area contributed by atoms with Crippen molar-refractivity contribution in [3.8, 4) is 0 Å². The predicted molar refractivity (Wildman–Crippen MR) is 31.4 cm³/mol. The second kappa shape index (κ2) is 7.43. The molecule has 0 unspecified atom stereocenters. The van der Waals surface area contributed by atoms with E-state index in [1.165, 1.54) is 0 Å². The van der Waals surface area contributed by atoms with Crippen LogP contribution in [-0.4, -0.2) is 48.7 Å². The molecule has 0 aliphatic rings. The van der Waals surface area contributed by atoms with E-state index in [-0.39, 0.29) is 42.1 Å². The van der Waals surface area contributed by atoms with E-state index in [1.807, 2.05) is 0 Å². The minimum absolute atomic E-state index is 0. The van der Waals surface area contributed by atoms with Gasteiger partial charge in [-0.05, 0) is 6.92 Å². The summed E-state index contributed by atoms with van der Waals surface area (Å²) in [4.78, 5) is 10.1. The van der Waals surface area contributed by atoms with Gasteiger partial charge in [-0.2, -0.15) is 0 Å². The first kappa shape index (κ1) is 11.3. The van der Waals surface area contributed by atoms with Crippen LogP contribution >= 0.6 is 0 Å². The third-order valence-electron chi connectivity index (χ3n) is 0.472. The molecule has 0 aromatic heterocycles. The van der Waals surface area contributed by atoms with E-state index >= 15 is 0 Å². The summed E-state index contributed by atoms with van der Waals surface area (Å²) in [5.41, 5.74) is 4.88. The third kappa shape index (κ3) is 6.43. The van der Waals surface area contributed by atoms with Gasteiger partial charge in [0.1, 0.15) is 0 Å². The molecule has 0 heterocycles. The maximum Gasteiger partial charge on any atom is 0.319 e. The van der Waals surface area contributed by atoms with Gasteiger partial charge in [0, 0.05) is 29.6 Å². The molecule has 0 aliphatic carbocycles. The Balaban J connectivity index is 0. The molecule has 0 rings (SSSR count). The van der Waals surface area contributed by atoms with Crippen LogP contribution in [0.4, 0.5) is 0 Å². The van der Waals surface area contributed by atoms with E-state index in [2.05, 4.69) is 4.74 Å². The van der Waals surface area contributed by atoms with E-state index in [0.717, 1.165) is 0 Å². The molecule has 0 saturated heterocycles. The first-order valence-electron chi connectivity index (χ1n) is 2.17. The number of hydrogen-bond donors (Lipinski definition) is 1. The molecule has 0 bridgehead atoms. The van der Waals surface area contributed by atoms with Gasteiger partial charge >= 0.3 is 5.97 Å². The summed E-state index contributed by atoms with van der Waals surface area (Å²) in [6.07, 6.45) is 0. The molecule has 0 aromatic rings. The molecule has 0 atom stereocenters. The first-order valence-corrected chi connectivity index (χ1v) is 2.17. The number of rotatable bonds is 2. The summed E-state index contributed by atoms with van der Waals surface area (Å²) in [5, 5.41) is 0. The topological polar surface area (TPSA) is 52.3 Å². The van der Waals surface area contributed by atoms with Gasteiger partial charge in [0.25, 0.3) is 0 Å². The summed E-state index contributed by atoms with van der Waals surface area (Å²) >= 11 is 0. The van der Waals surface area contributed by atoms with Crippen LogP contribution in [0.5, 0.6) is 0 Å². The van der Waals surface area contributed by atoms with Crippen LogP contribution in [0.1, 0.15) is 6.92 Å². The van der Waals surface area contributed by atoms with Crippen molar-refractivity contribution < 1.29 is 9.53 Å². The number of carbonyl (C=O) groups excluding carboxylic acids is 1. The largest absolute Gasteiger partial charge is 0.465 e. The zero-order chi connectivity index (χ0) is 5.70. The summed E-state index contributed by atoms with van der Waals surface area (Å²) in [7, 11) is 0. The van der Waals surface area contributed by atoms with Gasteiger partial charge in [-0.1, -0.05) is 0 Å². The summed E-state index contributed by atoms with van der Waals surface area (Å²) in [6.45, 7) is 2.14.